The van der Waals surface area contributed by atoms with E-state index in [0.717, 1.165) is 15.9 Å². The van der Waals surface area contributed by atoms with Crippen molar-refractivity contribution in [3.63, 3.8) is 0 Å². The molecule has 2 aromatic carbocycles. The fourth-order valence-electron chi connectivity index (χ4n) is 5.53. The van der Waals surface area contributed by atoms with Gasteiger partial charge in [-0.15, -0.1) is 0 Å². The van der Waals surface area contributed by atoms with Crippen molar-refractivity contribution in [3.8, 4) is 0 Å². The van der Waals surface area contributed by atoms with Gasteiger partial charge in [0.1, 0.15) is 0 Å². The number of rotatable bonds is 6. The first-order valence-electron chi connectivity index (χ1n) is 12.9. The third-order valence-corrected chi connectivity index (χ3v) is 9.77. The predicted molar refractivity (Wildman–Crippen MR) is 136 cm³/mol. The number of nitrogens with one attached hydrogen (secondary N) is 1. The molecule has 1 aliphatic heterocycles. The summed E-state index contributed by atoms with van der Waals surface area (Å²) in [6, 6.07) is 5.79. The van der Waals surface area contributed by atoms with Crippen molar-refractivity contribution in [2.45, 2.75) is 92.9 Å². The largest absolute Gasteiger partial charge is 0.430 e. The van der Waals surface area contributed by atoms with Crippen molar-refractivity contribution in [1.29, 1.82) is 0 Å². The summed E-state index contributed by atoms with van der Waals surface area (Å²) in [7, 11) is -4.45. The van der Waals surface area contributed by atoms with Crippen molar-refractivity contribution >= 4 is 21.6 Å². The van der Waals surface area contributed by atoms with Gasteiger partial charge < -0.3 is 15.5 Å². The molecule has 0 spiro atoms. The minimum Gasteiger partial charge on any atom is -0.388 e. The molecule has 1 aliphatic carbocycles. The number of carbonyl (C=O) groups excluding carboxylic acids is 1. The first-order chi connectivity index (χ1) is 18.8. The molecule has 2 aliphatic rings. The number of carbonyl (C=O) groups is 1. The van der Waals surface area contributed by atoms with Crippen LogP contribution in [0.15, 0.2) is 47.4 Å². The van der Waals surface area contributed by atoms with E-state index >= 15 is 0 Å². The molecule has 1 fully saturated rings. The summed E-state index contributed by atoms with van der Waals surface area (Å²) in [5.74, 6) is -0.560. The Bertz CT molecular complexity index is 1390. The maximum absolute atomic E-state index is 13.8. The van der Waals surface area contributed by atoms with Crippen LogP contribution in [-0.2, 0) is 26.8 Å². The summed E-state index contributed by atoms with van der Waals surface area (Å²) in [5, 5.41) is 23.1. The molecule has 7 nitrogen and oxygen atoms in total. The fourth-order valence-corrected chi connectivity index (χ4v) is 7.25. The Hall–Kier alpha value is -2.84. The number of halogens is 6. The van der Waals surface area contributed by atoms with Crippen molar-refractivity contribution < 1.29 is 49.8 Å². The van der Waals surface area contributed by atoms with Crippen LogP contribution in [0.25, 0.3) is 0 Å². The van der Waals surface area contributed by atoms with Gasteiger partial charge in [-0.05, 0) is 69.7 Å². The molecule has 0 bridgehead atoms. The fraction of sp³-hybridized carbons (Fsp3) is 0.519. The lowest BCUT2D eigenvalue weighted by Gasteiger charge is -2.39. The number of nitrogens with zero attached hydrogens (tertiary/aromatic N) is 1. The summed E-state index contributed by atoms with van der Waals surface area (Å²) in [6.07, 6.45) is -11.2. The molecule has 1 saturated carbocycles. The second kappa shape index (κ2) is 10.5. The van der Waals surface area contributed by atoms with Crippen LogP contribution >= 0.6 is 0 Å². The van der Waals surface area contributed by atoms with E-state index in [9.17, 15) is 49.8 Å². The molecule has 1 heterocycles. The van der Waals surface area contributed by atoms with Crippen LogP contribution in [0.2, 0.25) is 0 Å². The number of anilines is 1. The van der Waals surface area contributed by atoms with E-state index < -0.39 is 57.1 Å². The van der Waals surface area contributed by atoms with Gasteiger partial charge in [0, 0.05) is 12.0 Å². The number of aryl methyl sites for hydroxylation is 2. The van der Waals surface area contributed by atoms with Crippen LogP contribution in [0.4, 0.5) is 32.0 Å². The van der Waals surface area contributed by atoms with Crippen LogP contribution in [0.3, 0.4) is 0 Å². The van der Waals surface area contributed by atoms with Crippen LogP contribution < -0.4 is 9.62 Å². The number of amides is 1. The average Bonchev–Trinajstić information content (AvgIpc) is 3.18. The zero-order chi connectivity index (χ0) is 30.6. The Morgan fingerprint density at radius 2 is 1.66 bits per heavy atom. The van der Waals surface area contributed by atoms with Crippen molar-refractivity contribution in [3.05, 3.63) is 59.2 Å². The van der Waals surface area contributed by atoms with E-state index in [4.69, 9.17) is 0 Å². The van der Waals surface area contributed by atoms with Crippen LogP contribution in [-0.4, -0.2) is 54.6 Å². The van der Waals surface area contributed by atoms with E-state index in [1.54, 1.807) is 13.8 Å². The van der Waals surface area contributed by atoms with Gasteiger partial charge in [-0.1, -0.05) is 29.8 Å². The summed E-state index contributed by atoms with van der Waals surface area (Å²) < 4.78 is 110. The normalized spacial score (nSPS) is 23.8. The summed E-state index contributed by atoms with van der Waals surface area (Å²) in [4.78, 5) is 12.8. The van der Waals surface area contributed by atoms with E-state index in [2.05, 4.69) is 5.32 Å². The highest BCUT2D eigenvalue weighted by molar-refractivity contribution is 7.92. The maximum Gasteiger partial charge on any atom is 0.430 e. The highest BCUT2D eigenvalue weighted by atomic mass is 32.2. The number of alkyl halides is 6. The molecule has 41 heavy (non-hydrogen) atoms. The molecule has 1 amide bonds. The molecule has 3 atom stereocenters. The second-order valence-electron chi connectivity index (χ2n) is 10.9. The Morgan fingerprint density at radius 1 is 1.05 bits per heavy atom. The Morgan fingerprint density at radius 3 is 2.20 bits per heavy atom. The molecule has 0 radical (unpaired) electrons. The summed E-state index contributed by atoms with van der Waals surface area (Å²) in [5.41, 5.74) is -7.44. The topological polar surface area (TPSA) is 107 Å². The van der Waals surface area contributed by atoms with Crippen LogP contribution in [0.5, 0.6) is 0 Å². The van der Waals surface area contributed by atoms with Crippen molar-refractivity contribution in [1.82, 2.24) is 5.32 Å². The quantitative estimate of drug-likeness (QED) is 0.415. The summed E-state index contributed by atoms with van der Waals surface area (Å²) >= 11 is 0. The Balaban J connectivity index is 1.77. The maximum atomic E-state index is 13.8. The zero-order valence-corrected chi connectivity index (χ0v) is 23.0. The highest BCUT2D eigenvalue weighted by Gasteiger charge is 2.71. The number of hydrogen-bond donors (Lipinski definition) is 3. The molecule has 14 heteroatoms. The standard InChI is InChI=1S/C27H30F6N2O5S/c1-16-5-10-20(11-6-16)41(39,40)35-19(15-23(36)34-22-4-3-13-24(22,2)37)9-7-17-14-18(8-12-21(17)35)25(38,26(28,29)30)27(31,32)33/h5-6,8,10-12,14,19,22,37-38H,3-4,7,9,13,15H2,1-2H3,(H,34,36). The third kappa shape index (κ3) is 5.65. The molecule has 0 saturated heterocycles. The smallest absolute Gasteiger partial charge is 0.388 e. The number of fused-ring (bicyclic) bond motifs is 1. The second-order valence-corrected chi connectivity index (χ2v) is 12.7. The predicted octanol–water partition coefficient (Wildman–Crippen LogP) is 4.63. The van der Waals surface area contributed by atoms with E-state index in [1.807, 2.05) is 0 Å². The zero-order valence-electron chi connectivity index (χ0n) is 22.2. The molecule has 2 aromatic rings. The third-order valence-electron chi connectivity index (χ3n) is 7.89. The van der Waals surface area contributed by atoms with Crippen molar-refractivity contribution in [2.24, 2.45) is 0 Å². The Labute approximate surface area is 233 Å². The minimum atomic E-state index is -6.11. The van der Waals surface area contributed by atoms with E-state index in [0.29, 0.717) is 31.4 Å². The SMILES string of the molecule is Cc1ccc(S(=O)(=O)N2c3ccc(C(O)(C(F)(F)F)C(F)(F)F)cc3CCC2CC(=O)NC2CCCC2(C)O)cc1. The van der Waals surface area contributed by atoms with E-state index in [1.165, 1.54) is 24.3 Å². The lowest BCUT2D eigenvalue weighted by molar-refractivity contribution is -0.376. The highest BCUT2D eigenvalue weighted by Crippen LogP contribution is 2.51. The van der Waals surface area contributed by atoms with Gasteiger partial charge in [-0.25, -0.2) is 8.42 Å². The first-order valence-corrected chi connectivity index (χ1v) is 14.3. The number of sulfonamides is 1. The first kappa shape index (κ1) is 31.1. The molecular formula is C27H30F6N2O5S. The van der Waals surface area contributed by atoms with Gasteiger partial charge in [0.05, 0.1) is 28.3 Å². The monoisotopic (exact) mass is 608 g/mol. The molecular weight excluding hydrogens is 578 g/mol. The van der Waals surface area contributed by atoms with Gasteiger partial charge in [0.25, 0.3) is 15.6 Å². The van der Waals surface area contributed by atoms with Gasteiger partial charge in [0.2, 0.25) is 5.91 Å². The van der Waals surface area contributed by atoms with Gasteiger partial charge in [-0.2, -0.15) is 26.3 Å². The van der Waals surface area contributed by atoms with Crippen molar-refractivity contribution in [2.75, 3.05) is 4.31 Å². The van der Waals surface area contributed by atoms with E-state index in [-0.39, 0.29) is 35.4 Å². The molecule has 3 unspecified atom stereocenters. The lowest BCUT2D eigenvalue weighted by atomic mass is 9.87. The van der Waals surface area contributed by atoms with Gasteiger partial charge >= 0.3 is 12.4 Å². The Kier molecular flexibility index (Phi) is 7.93. The van der Waals surface area contributed by atoms with Crippen LogP contribution in [0, 0.1) is 6.92 Å². The number of benzene rings is 2. The minimum absolute atomic E-state index is 0.105. The number of hydrogen-bond acceptors (Lipinski definition) is 5. The molecule has 3 N–H and O–H groups in total. The number of aliphatic hydroxyl groups is 2. The summed E-state index contributed by atoms with van der Waals surface area (Å²) in [6.45, 7) is 3.30. The average molecular weight is 609 g/mol. The van der Waals surface area contributed by atoms with Gasteiger partial charge in [0.15, 0.2) is 0 Å². The molecule has 226 valence electrons. The van der Waals surface area contributed by atoms with Gasteiger partial charge in [-0.3, -0.25) is 9.10 Å². The molecule has 0 aromatic heterocycles. The molecule has 4 rings (SSSR count). The lowest BCUT2D eigenvalue weighted by Crippen LogP contribution is -2.54. The van der Waals surface area contributed by atoms with Crippen LogP contribution in [0.1, 0.15) is 55.7 Å².